The fourth-order valence-corrected chi connectivity index (χ4v) is 6.06. The molecule has 0 atom stereocenters. The number of hydrogen-bond acceptors (Lipinski definition) is 5. The lowest BCUT2D eigenvalue weighted by molar-refractivity contribution is -0.114. The van der Waals surface area contributed by atoms with Crippen LogP contribution in [0.15, 0.2) is 82.7 Å². The lowest BCUT2D eigenvalue weighted by Crippen LogP contribution is -2.26. The first-order chi connectivity index (χ1) is 17.2. The van der Waals surface area contributed by atoms with E-state index >= 15 is 0 Å². The molecule has 4 rings (SSSR count). The summed E-state index contributed by atoms with van der Waals surface area (Å²) in [5.74, 6) is -0.626. The van der Waals surface area contributed by atoms with Crippen LogP contribution in [0.1, 0.15) is 29.8 Å². The fraction of sp³-hybridized carbons (Fsp3) is 0.192. The van der Waals surface area contributed by atoms with Crippen LogP contribution in [-0.2, 0) is 27.9 Å². The Morgan fingerprint density at radius 1 is 1.03 bits per heavy atom. The largest absolute Gasteiger partial charge is 0.326 e. The Labute approximate surface area is 213 Å². The number of nitrogens with zero attached hydrogens (tertiary/aromatic N) is 3. The summed E-state index contributed by atoms with van der Waals surface area (Å²) in [5, 5.41) is 2.76. The van der Waals surface area contributed by atoms with Crippen LogP contribution < -0.4 is 10.1 Å². The highest BCUT2D eigenvalue weighted by Gasteiger charge is 2.21. The molecule has 4 aromatic rings. The molecule has 8 nitrogen and oxygen atoms in total. The van der Waals surface area contributed by atoms with Gasteiger partial charge in [0.1, 0.15) is 0 Å². The van der Waals surface area contributed by atoms with Gasteiger partial charge in [-0.3, -0.25) is 9.59 Å². The van der Waals surface area contributed by atoms with Gasteiger partial charge in [0.2, 0.25) is 15.9 Å². The molecule has 0 saturated carbocycles. The minimum Gasteiger partial charge on any atom is -0.326 e. The van der Waals surface area contributed by atoms with Crippen molar-refractivity contribution in [3.05, 3.63) is 88.7 Å². The van der Waals surface area contributed by atoms with Crippen LogP contribution in [0.2, 0.25) is 0 Å². The number of rotatable bonds is 7. The van der Waals surface area contributed by atoms with E-state index in [1.807, 2.05) is 60.0 Å². The molecule has 0 fully saturated rings. The van der Waals surface area contributed by atoms with Crippen molar-refractivity contribution in [3.63, 3.8) is 0 Å². The molecule has 0 aliphatic carbocycles. The van der Waals surface area contributed by atoms with Gasteiger partial charge >= 0.3 is 0 Å². The van der Waals surface area contributed by atoms with Crippen molar-refractivity contribution in [3.8, 4) is 0 Å². The maximum atomic E-state index is 13.0. The van der Waals surface area contributed by atoms with Crippen molar-refractivity contribution in [1.29, 1.82) is 0 Å². The molecule has 0 aliphatic rings. The molecule has 1 heterocycles. The zero-order valence-electron chi connectivity index (χ0n) is 20.1. The first-order valence-corrected chi connectivity index (χ1v) is 13.5. The average molecular weight is 523 g/mol. The first-order valence-electron chi connectivity index (χ1n) is 11.3. The van der Waals surface area contributed by atoms with Crippen LogP contribution >= 0.6 is 11.3 Å². The van der Waals surface area contributed by atoms with Crippen molar-refractivity contribution in [2.24, 2.45) is 4.99 Å². The van der Waals surface area contributed by atoms with Gasteiger partial charge < -0.3 is 9.88 Å². The number of carbonyl (C=O) groups excluding carboxylic acids is 2. The molecule has 2 amide bonds. The highest BCUT2D eigenvalue weighted by Crippen LogP contribution is 2.22. The Morgan fingerprint density at radius 2 is 1.72 bits per heavy atom. The molecule has 0 unspecified atom stereocenters. The zero-order chi connectivity index (χ0) is 25.9. The fourth-order valence-electron chi connectivity index (χ4n) is 3.77. The van der Waals surface area contributed by atoms with Crippen molar-refractivity contribution in [2.75, 3.05) is 12.4 Å². The second-order valence-electron chi connectivity index (χ2n) is 8.18. The zero-order valence-corrected chi connectivity index (χ0v) is 21.8. The first kappa shape index (κ1) is 25.5. The van der Waals surface area contributed by atoms with Gasteiger partial charge in [-0.15, -0.1) is 0 Å². The summed E-state index contributed by atoms with van der Waals surface area (Å²) < 4.78 is 30.0. The predicted octanol–water partition coefficient (Wildman–Crippen LogP) is 4.24. The smallest absolute Gasteiger partial charge is 0.279 e. The number of anilines is 1. The van der Waals surface area contributed by atoms with E-state index in [1.54, 1.807) is 0 Å². The van der Waals surface area contributed by atoms with Crippen LogP contribution in [-0.4, -0.2) is 36.2 Å². The maximum Gasteiger partial charge on any atom is 0.279 e. The Morgan fingerprint density at radius 3 is 2.36 bits per heavy atom. The topological polar surface area (TPSA) is 101 Å². The highest BCUT2D eigenvalue weighted by molar-refractivity contribution is 7.89. The Hall–Kier alpha value is -3.60. The molecule has 1 aromatic heterocycles. The molecule has 36 heavy (non-hydrogen) atoms. The number of sulfonamides is 1. The summed E-state index contributed by atoms with van der Waals surface area (Å²) in [6.45, 7) is 4.26. The van der Waals surface area contributed by atoms with E-state index in [9.17, 15) is 18.0 Å². The van der Waals surface area contributed by atoms with Gasteiger partial charge in [-0.25, -0.2) is 8.42 Å². The average Bonchev–Trinajstić information content (AvgIpc) is 3.20. The maximum absolute atomic E-state index is 13.0. The molecule has 10 heteroatoms. The summed E-state index contributed by atoms with van der Waals surface area (Å²) in [7, 11) is -2.19. The number of benzene rings is 3. The summed E-state index contributed by atoms with van der Waals surface area (Å²) in [5.41, 5.74) is 2.75. The molecule has 1 N–H and O–H groups in total. The molecule has 0 bridgehead atoms. The molecule has 186 valence electrons. The monoisotopic (exact) mass is 522 g/mol. The van der Waals surface area contributed by atoms with E-state index < -0.39 is 15.9 Å². The normalized spacial score (nSPS) is 12.3. The van der Waals surface area contributed by atoms with Crippen LogP contribution in [0.5, 0.6) is 0 Å². The third kappa shape index (κ3) is 5.46. The van der Waals surface area contributed by atoms with Crippen molar-refractivity contribution in [2.45, 2.75) is 31.8 Å². The van der Waals surface area contributed by atoms with E-state index in [4.69, 9.17) is 0 Å². The molecule has 0 aliphatic heterocycles. The van der Waals surface area contributed by atoms with Gasteiger partial charge in [-0.2, -0.15) is 9.30 Å². The van der Waals surface area contributed by atoms with Crippen molar-refractivity contribution < 1.29 is 18.0 Å². The number of hydrogen-bond donors (Lipinski definition) is 1. The summed E-state index contributed by atoms with van der Waals surface area (Å²) in [6.07, 6.45) is 0. The third-order valence-electron chi connectivity index (χ3n) is 5.57. The van der Waals surface area contributed by atoms with Crippen LogP contribution in [0, 0.1) is 0 Å². The number of thiazole rings is 1. The molecular weight excluding hydrogens is 496 g/mol. The second kappa shape index (κ2) is 10.6. The number of aryl methyl sites for hydroxylation is 1. The molecular formula is C26H26N4O4S2. The summed E-state index contributed by atoms with van der Waals surface area (Å²) >= 11 is 1.35. The lowest BCUT2D eigenvalue weighted by Gasteiger charge is -2.17. The predicted molar refractivity (Wildman–Crippen MR) is 141 cm³/mol. The molecule has 0 radical (unpaired) electrons. The van der Waals surface area contributed by atoms with Crippen LogP contribution in [0.25, 0.3) is 10.2 Å². The van der Waals surface area contributed by atoms with E-state index in [0.717, 1.165) is 15.8 Å². The Balaban J connectivity index is 1.59. The van der Waals surface area contributed by atoms with E-state index in [2.05, 4.69) is 10.3 Å². The van der Waals surface area contributed by atoms with E-state index in [1.165, 1.54) is 53.9 Å². The molecule has 0 spiro atoms. The van der Waals surface area contributed by atoms with Crippen LogP contribution in [0.4, 0.5) is 5.69 Å². The molecule has 0 saturated heterocycles. The Kier molecular flexibility index (Phi) is 7.48. The number of nitrogens with one attached hydrogen (secondary N) is 1. The summed E-state index contributed by atoms with van der Waals surface area (Å²) in [4.78, 5) is 29.2. The van der Waals surface area contributed by atoms with Gasteiger partial charge in [0.05, 0.1) is 15.1 Å². The number of amides is 2. The van der Waals surface area contributed by atoms with Crippen molar-refractivity contribution in [1.82, 2.24) is 8.87 Å². The highest BCUT2D eigenvalue weighted by atomic mass is 32.2. The van der Waals surface area contributed by atoms with Crippen molar-refractivity contribution >= 4 is 49.1 Å². The third-order valence-corrected chi connectivity index (χ3v) is 8.43. The second-order valence-corrected chi connectivity index (χ2v) is 11.2. The van der Waals surface area contributed by atoms with E-state index in [0.29, 0.717) is 22.6 Å². The SMILES string of the molecule is CCn1c(=NC(=O)c2ccc(S(=O)(=O)N(C)Cc3ccccc3)cc2)sc2cc(NC(C)=O)ccc21. The van der Waals surface area contributed by atoms with Gasteiger partial charge in [0, 0.05) is 38.3 Å². The quantitative estimate of drug-likeness (QED) is 0.392. The van der Waals surface area contributed by atoms with E-state index in [-0.39, 0.29) is 17.3 Å². The van der Waals surface area contributed by atoms with Gasteiger partial charge in [-0.05, 0) is 55.0 Å². The molecule has 3 aromatic carbocycles. The number of fused-ring (bicyclic) bond motifs is 1. The number of aromatic nitrogens is 1. The Bertz CT molecular complexity index is 1590. The van der Waals surface area contributed by atoms with Crippen LogP contribution in [0.3, 0.4) is 0 Å². The minimum absolute atomic E-state index is 0.105. The van der Waals surface area contributed by atoms with Gasteiger partial charge in [0.25, 0.3) is 5.91 Å². The lowest BCUT2D eigenvalue weighted by atomic mass is 10.2. The van der Waals surface area contributed by atoms with Gasteiger partial charge in [0.15, 0.2) is 4.80 Å². The standard InChI is InChI=1S/C26H26N4O4S2/c1-4-30-23-15-12-21(27-18(2)31)16-24(23)35-26(30)28-25(32)20-10-13-22(14-11-20)36(33,34)29(3)17-19-8-6-5-7-9-19/h5-16H,4,17H2,1-3H3,(H,27,31). The summed E-state index contributed by atoms with van der Waals surface area (Å²) in [6, 6.07) is 20.7. The minimum atomic E-state index is -3.72. The number of carbonyl (C=O) groups is 2. The van der Waals surface area contributed by atoms with Gasteiger partial charge in [-0.1, -0.05) is 41.7 Å².